The first kappa shape index (κ1) is 20.1. The topological polar surface area (TPSA) is 79.2 Å². The second-order valence-corrected chi connectivity index (χ2v) is 7.02. The van der Waals surface area contributed by atoms with Gasteiger partial charge in [-0.1, -0.05) is 41.6 Å². The Morgan fingerprint density at radius 1 is 1.38 bits per heavy atom. The van der Waals surface area contributed by atoms with E-state index in [-0.39, 0.29) is 17.5 Å². The van der Waals surface area contributed by atoms with Crippen LogP contribution >= 0.6 is 23.4 Å². The second-order valence-electron chi connectivity index (χ2n) is 5.62. The predicted molar refractivity (Wildman–Crippen MR) is 102 cm³/mol. The van der Waals surface area contributed by atoms with Crippen LogP contribution in [0.3, 0.4) is 0 Å². The Kier molecular flexibility index (Phi) is 6.90. The van der Waals surface area contributed by atoms with Crippen LogP contribution in [0.25, 0.3) is 0 Å². The molecule has 1 aliphatic heterocycles. The third-order valence-corrected chi connectivity index (χ3v) is 5.22. The molecule has 2 rings (SSSR count). The second kappa shape index (κ2) is 8.93. The van der Waals surface area contributed by atoms with Gasteiger partial charge in [0.15, 0.2) is 5.78 Å². The quantitative estimate of drug-likeness (QED) is 0.741. The summed E-state index contributed by atoms with van der Waals surface area (Å²) in [5.74, 6) is -1.00. The number of halogens is 1. The number of thioether (sulfide) groups is 1. The van der Waals surface area contributed by atoms with Crippen molar-refractivity contribution in [3.8, 4) is 6.07 Å². The monoisotopic (exact) mass is 390 g/mol. The van der Waals surface area contributed by atoms with Crippen LogP contribution in [0.2, 0.25) is 5.02 Å². The molecule has 136 valence electrons. The van der Waals surface area contributed by atoms with Crippen LogP contribution in [0.15, 0.2) is 46.1 Å². The summed E-state index contributed by atoms with van der Waals surface area (Å²) in [5, 5.41) is 13.9. The number of ketones is 1. The molecular formula is C19H19ClN2O3S. The van der Waals surface area contributed by atoms with Crippen molar-refractivity contribution in [2.24, 2.45) is 0 Å². The molecule has 0 fully saturated rings. The normalized spacial score (nSPS) is 16.8. The standard InChI is InChI=1S/C19H19ClN2O3S/c1-4-25-16(24)10-26-19-14(9-21)18(13-7-5-6-8-15(13)20)17(12(3)23)11(2)22-19/h5-8,18,22H,4,10H2,1-3H3. The van der Waals surface area contributed by atoms with Gasteiger partial charge in [0.1, 0.15) is 0 Å². The highest BCUT2D eigenvalue weighted by Crippen LogP contribution is 2.42. The minimum atomic E-state index is -0.572. The summed E-state index contributed by atoms with van der Waals surface area (Å²) in [6.45, 7) is 5.28. The first-order valence-electron chi connectivity index (χ1n) is 8.06. The van der Waals surface area contributed by atoms with Crippen LogP contribution in [0.1, 0.15) is 32.3 Å². The van der Waals surface area contributed by atoms with E-state index in [0.29, 0.717) is 39.1 Å². The highest BCUT2D eigenvalue weighted by Gasteiger charge is 2.34. The largest absolute Gasteiger partial charge is 0.465 e. The number of nitriles is 1. The number of hydrogen-bond acceptors (Lipinski definition) is 6. The van der Waals surface area contributed by atoms with Crippen molar-refractivity contribution in [1.82, 2.24) is 5.32 Å². The first-order valence-corrected chi connectivity index (χ1v) is 9.42. The molecule has 0 bridgehead atoms. The molecule has 1 aromatic carbocycles. The number of rotatable bonds is 6. The smallest absolute Gasteiger partial charge is 0.316 e. The van der Waals surface area contributed by atoms with Crippen LogP contribution in [0.4, 0.5) is 0 Å². The molecule has 0 aliphatic carbocycles. The number of benzene rings is 1. The first-order chi connectivity index (χ1) is 12.4. The number of ether oxygens (including phenoxy) is 1. The van der Waals surface area contributed by atoms with Gasteiger partial charge in [-0.05, 0) is 32.4 Å². The molecule has 1 aromatic rings. The van der Waals surface area contributed by atoms with E-state index in [1.54, 1.807) is 32.0 Å². The number of allylic oxidation sites excluding steroid dienone is 3. The molecule has 0 saturated carbocycles. The summed E-state index contributed by atoms with van der Waals surface area (Å²) in [4.78, 5) is 23.9. The van der Waals surface area contributed by atoms with E-state index >= 15 is 0 Å². The van der Waals surface area contributed by atoms with Crippen molar-refractivity contribution in [1.29, 1.82) is 5.26 Å². The van der Waals surface area contributed by atoms with Crippen molar-refractivity contribution in [2.75, 3.05) is 12.4 Å². The molecule has 7 heteroatoms. The predicted octanol–water partition coefficient (Wildman–Crippen LogP) is 3.92. The average molecular weight is 391 g/mol. The van der Waals surface area contributed by atoms with Gasteiger partial charge >= 0.3 is 5.97 Å². The minimum absolute atomic E-state index is 0.0687. The van der Waals surface area contributed by atoms with E-state index in [4.69, 9.17) is 16.3 Å². The zero-order valence-electron chi connectivity index (χ0n) is 14.8. The molecule has 0 spiro atoms. The number of hydrogen-bond donors (Lipinski definition) is 1. The molecule has 5 nitrogen and oxygen atoms in total. The van der Waals surface area contributed by atoms with E-state index in [2.05, 4.69) is 11.4 Å². The lowest BCUT2D eigenvalue weighted by atomic mass is 9.81. The summed E-state index contributed by atoms with van der Waals surface area (Å²) >= 11 is 7.53. The maximum Gasteiger partial charge on any atom is 0.316 e. The van der Waals surface area contributed by atoms with Gasteiger partial charge < -0.3 is 10.1 Å². The molecule has 0 saturated heterocycles. The Balaban J connectivity index is 2.51. The summed E-state index contributed by atoms with van der Waals surface area (Å²) in [5.41, 5.74) is 2.19. The summed E-state index contributed by atoms with van der Waals surface area (Å²) in [6, 6.07) is 9.33. The third-order valence-electron chi connectivity index (χ3n) is 3.88. The zero-order chi connectivity index (χ0) is 19.3. The van der Waals surface area contributed by atoms with Crippen molar-refractivity contribution in [2.45, 2.75) is 26.7 Å². The van der Waals surface area contributed by atoms with Gasteiger partial charge in [-0.25, -0.2) is 0 Å². The fourth-order valence-corrected chi connectivity index (χ4v) is 3.98. The average Bonchev–Trinajstić information content (AvgIpc) is 2.59. The molecule has 1 atom stereocenters. The van der Waals surface area contributed by atoms with E-state index in [9.17, 15) is 14.9 Å². The van der Waals surface area contributed by atoms with E-state index in [1.807, 2.05) is 6.07 Å². The van der Waals surface area contributed by atoms with E-state index in [1.165, 1.54) is 18.7 Å². The zero-order valence-corrected chi connectivity index (χ0v) is 16.3. The molecular weight excluding hydrogens is 372 g/mol. The molecule has 0 aromatic heterocycles. The third kappa shape index (κ3) is 4.29. The van der Waals surface area contributed by atoms with Crippen LogP contribution < -0.4 is 5.32 Å². The lowest BCUT2D eigenvalue weighted by Crippen LogP contribution is -2.27. The number of nitrogens with one attached hydrogen (secondary N) is 1. The summed E-state index contributed by atoms with van der Waals surface area (Å²) < 4.78 is 4.94. The molecule has 1 unspecified atom stereocenters. The Morgan fingerprint density at radius 2 is 2.08 bits per heavy atom. The highest BCUT2D eigenvalue weighted by molar-refractivity contribution is 8.03. The van der Waals surface area contributed by atoms with Gasteiger partial charge in [-0.15, -0.1) is 0 Å². The number of nitrogens with zero attached hydrogens (tertiary/aromatic N) is 1. The Hall–Kier alpha value is -2.23. The van der Waals surface area contributed by atoms with Crippen molar-refractivity contribution < 1.29 is 14.3 Å². The minimum Gasteiger partial charge on any atom is -0.465 e. The van der Waals surface area contributed by atoms with Gasteiger partial charge in [0.2, 0.25) is 0 Å². The van der Waals surface area contributed by atoms with Gasteiger partial charge in [0.25, 0.3) is 0 Å². The van der Waals surface area contributed by atoms with Crippen LogP contribution in [0, 0.1) is 11.3 Å². The van der Waals surface area contributed by atoms with E-state index < -0.39 is 5.92 Å². The van der Waals surface area contributed by atoms with Crippen molar-refractivity contribution in [3.63, 3.8) is 0 Å². The van der Waals surface area contributed by atoms with Crippen LogP contribution in [0.5, 0.6) is 0 Å². The molecule has 0 radical (unpaired) electrons. The highest BCUT2D eigenvalue weighted by atomic mass is 35.5. The summed E-state index contributed by atoms with van der Waals surface area (Å²) in [6.07, 6.45) is 0. The van der Waals surface area contributed by atoms with Crippen molar-refractivity contribution in [3.05, 3.63) is 56.7 Å². The number of carbonyl (C=O) groups excluding carboxylic acids is 2. The fourth-order valence-electron chi connectivity index (χ4n) is 2.85. The van der Waals surface area contributed by atoms with Gasteiger partial charge in [-0.2, -0.15) is 5.26 Å². The van der Waals surface area contributed by atoms with Gasteiger partial charge in [0.05, 0.1) is 34.9 Å². The molecule has 1 heterocycles. The van der Waals surface area contributed by atoms with Crippen LogP contribution in [-0.4, -0.2) is 24.1 Å². The number of esters is 1. The summed E-state index contributed by atoms with van der Waals surface area (Å²) in [7, 11) is 0. The maximum absolute atomic E-state index is 12.3. The molecule has 26 heavy (non-hydrogen) atoms. The Bertz CT molecular complexity index is 839. The van der Waals surface area contributed by atoms with Gasteiger partial charge in [-0.3, -0.25) is 9.59 Å². The number of Topliss-reactive ketones (excluding diaryl/α,β-unsaturated/α-hetero) is 1. The van der Waals surface area contributed by atoms with Crippen LogP contribution in [-0.2, 0) is 14.3 Å². The Labute approximate surface area is 162 Å². The SMILES string of the molecule is CCOC(=O)CSC1=C(C#N)C(c2ccccc2Cl)C(C(C)=O)=C(C)N1. The number of carbonyl (C=O) groups is 2. The van der Waals surface area contributed by atoms with E-state index in [0.717, 1.165) is 0 Å². The molecule has 1 N–H and O–H groups in total. The lowest BCUT2D eigenvalue weighted by Gasteiger charge is -2.29. The van der Waals surface area contributed by atoms with Gasteiger partial charge in [0, 0.05) is 16.3 Å². The lowest BCUT2D eigenvalue weighted by molar-refractivity contribution is -0.139. The molecule has 0 amide bonds. The molecule has 1 aliphatic rings. The maximum atomic E-state index is 12.3. The number of dihydropyridines is 1. The fraction of sp³-hybridized carbons (Fsp3) is 0.316. The Morgan fingerprint density at radius 3 is 2.65 bits per heavy atom. The van der Waals surface area contributed by atoms with Crippen molar-refractivity contribution >= 4 is 35.1 Å².